The van der Waals surface area contributed by atoms with Crippen molar-refractivity contribution in [3.8, 4) is 0 Å². The van der Waals surface area contributed by atoms with Crippen LogP contribution in [0.5, 0.6) is 0 Å². The molecule has 0 spiro atoms. The van der Waals surface area contributed by atoms with Gasteiger partial charge in [-0.15, -0.1) is 0 Å². The quantitative estimate of drug-likeness (QED) is 0.544. The van der Waals surface area contributed by atoms with Crippen LogP contribution in [0.1, 0.15) is 34.9 Å². The maximum Gasteiger partial charge on any atom is 0.293 e. The molecule has 1 aliphatic heterocycles. The fraction of sp³-hybridized carbons (Fsp3) is 0.263. The van der Waals surface area contributed by atoms with E-state index in [1.807, 2.05) is 29.2 Å². The second kappa shape index (κ2) is 6.71. The molecule has 1 unspecified atom stereocenters. The average molecular weight is 365 g/mol. The van der Waals surface area contributed by atoms with Gasteiger partial charge in [-0.25, -0.2) is 4.98 Å². The van der Waals surface area contributed by atoms with E-state index in [9.17, 15) is 14.9 Å². The smallest absolute Gasteiger partial charge is 0.293 e. The van der Waals surface area contributed by atoms with Gasteiger partial charge in [0.25, 0.3) is 11.6 Å². The van der Waals surface area contributed by atoms with E-state index in [1.54, 1.807) is 0 Å². The third kappa shape index (κ3) is 3.10. The Kier molecular flexibility index (Phi) is 4.23. The topological polar surface area (TPSA) is 118 Å². The number of rotatable bonds is 4. The second-order valence-corrected chi connectivity index (χ2v) is 6.72. The first-order valence-electron chi connectivity index (χ1n) is 8.81. The van der Waals surface area contributed by atoms with Gasteiger partial charge in [-0.3, -0.25) is 14.9 Å². The van der Waals surface area contributed by atoms with Crippen LogP contribution in [0.3, 0.4) is 0 Å². The molecule has 1 amide bonds. The van der Waals surface area contributed by atoms with E-state index in [4.69, 9.17) is 5.73 Å². The lowest BCUT2D eigenvalue weighted by Gasteiger charge is -2.34. The number of imidazole rings is 1. The Labute approximate surface area is 155 Å². The van der Waals surface area contributed by atoms with Gasteiger partial charge < -0.3 is 15.6 Å². The summed E-state index contributed by atoms with van der Waals surface area (Å²) in [5, 5.41) is 11.5. The van der Waals surface area contributed by atoms with Crippen molar-refractivity contribution in [2.75, 3.05) is 18.0 Å². The summed E-state index contributed by atoms with van der Waals surface area (Å²) in [5.41, 5.74) is 7.72. The largest absolute Gasteiger partial charge is 0.366 e. The van der Waals surface area contributed by atoms with E-state index in [0.717, 1.165) is 29.7 Å². The van der Waals surface area contributed by atoms with E-state index < -0.39 is 10.8 Å². The van der Waals surface area contributed by atoms with Crippen molar-refractivity contribution in [1.82, 2.24) is 9.97 Å². The molecule has 2 heterocycles. The Morgan fingerprint density at radius 1 is 1.26 bits per heavy atom. The predicted molar refractivity (Wildman–Crippen MR) is 102 cm³/mol. The number of carbonyl (C=O) groups is 1. The number of hydrogen-bond acceptors (Lipinski definition) is 5. The second-order valence-electron chi connectivity index (χ2n) is 6.72. The molecule has 0 saturated carbocycles. The van der Waals surface area contributed by atoms with Crippen LogP contribution in [-0.2, 0) is 0 Å². The number of anilines is 1. The molecule has 1 saturated heterocycles. The molecule has 3 N–H and O–H groups in total. The van der Waals surface area contributed by atoms with Crippen molar-refractivity contribution in [3.05, 3.63) is 64.0 Å². The minimum absolute atomic E-state index is 0.0895. The lowest BCUT2D eigenvalue weighted by atomic mass is 9.95. The number of aromatic nitrogens is 2. The predicted octanol–water partition coefficient (Wildman–Crippen LogP) is 2.95. The molecule has 8 nitrogen and oxygen atoms in total. The Morgan fingerprint density at radius 3 is 2.81 bits per heavy atom. The molecular weight excluding hydrogens is 346 g/mol. The third-order valence-electron chi connectivity index (χ3n) is 5.01. The van der Waals surface area contributed by atoms with Gasteiger partial charge in [-0.05, 0) is 31.0 Å². The van der Waals surface area contributed by atoms with Crippen LogP contribution in [0.25, 0.3) is 11.0 Å². The number of primary amides is 1. The average Bonchev–Trinajstić information content (AvgIpc) is 3.11. The molecular formula is C19H19N5O3. The number of nitrogens with zero attached hydrogens (tertiary/aromatic N) is 3. The van der Waals surface area contributed by atoms with Crippen molar-refractivity contribution in [3.63, 3.8) is 0 Å². The minimum Gasteiger partial charge on any atom is -0.366 e. The van der Waals surface area contributed by atoms with Crippen LogP contribution in [-0.4, -0.2) is 33.9 Å². The number of amides is 1. The molecule has 0 radical (unpaired) electrons. The first-order chi connectivity index (χ1) is 13.0. The van der Waals surface area contributed by atoms with Crippen molar-refractivity contribution >= 4 is 28.3 Å². The van der Waals surface area contributed by atoms with Gasteiger partial charge in [0.05, 0.1) is 21.5 Å². The van der Waals surface area contributed by atoms with Gasteiger partial charge in [-0.2, -0.15) is 0 Å². The summed E-state index contributed by atoms with van der Waals surface area (Å²) in [6.45, 7) is 1.16. The van der Waals surface area contributed by atoms with E-state index in [1.165, 1.54) is 18.2 Å². The van der Waals surface area contributed by atoms with E-state index in [-0.39, 0.29) is 17.2 Å². The van der Waals surface area contributed by atoms with Gasteiger partial charge in [-0.1, -0.05) is 18.2 Å². The number of piperidine rings is 1. The third-order valence-corrected chi connectivity index (χ3v) is 5.01. The number of para-hydroxylation sites is 3. The van der Waals surface area contributed by atoms with Crippen molar-refractivity contribution in [2.45, 2.75) is 18.8 Å². The zero-order chi connectivity index (χ0) is 19.0. The zero-order valence-corrected chi connectivity index (χ0v) is 14.6. The fourth-order valence-corrected chi connectivity index (χ4v) is 3.78. The minimum atomic E-state index is -0.667. The standard InChI is InChI=1S/C19H19N5O3/c20-18(25)13-6-3-9-16(24(26)27)17(13)23-10-4-5-12(11-23)19-21-14-7-1-2-8-15(14)22-19/h1-3,6-9,12H,4-5,10-11H2,(H2,20,25)(H,21,22). The highest BCUT2D eigenvalue weighted by atomic mass is 16.6. The lowest BCUT2D eigenvalue weighted by molar-refractivity contribution is -0.384. The number of nitro groups is 1. The number of nitrogens with two attached hydrogens (primary N) is 1. The highest BCUT2D eigenvalue weighted by Gasteiger charge is 2.31. The molecule has 3 aromatic rings. The highest BCUT2D eigenvalue weighted by Crippen LogP contribution is 2.36. The van der Waals surface area contributed by atoms with Crippen LogP contribution < -0.4 is 10.6 Å². The maximum atomic E-state index is 11.9. The molecule has 27 heavy (non-hydrogen) atoms. The Balaban J connectivity index is 1.71. The summed E-state index contributed by atoms with van der Waals surface area (Å²) in [7, 11) is 0. The van der Waals surface area contributed by atoms with E-state index >= 15 is 0 Å². The highest BCUT2D eigenvalue weighted by molar-refractivity contribution is 6.01. The summed E-state index contributed by atoms with van der Waals surface area (Å²) in [6, 6.07) is 12.2. The Bertz CT molecular complexity index is 964. The van der Waals surface area contributed by atoms with Gasteiger partial charge in [0.1, 0.15) is 11.5 Å². The molecule has 1 aromatic heterocycles. The summed E-state index contributed by atoms with van der Waals surface area (Å²) in [5.74, 6) is 0.284. The Hall–Kier alpha value is -3.42. The van der Waals surface area contributed by atoms with Crippen molar-refractivity contribution < 1.29 is 9.72 Å². The molecule has 138 valence electrons. The van der Waals surface area contributed by atoms with Crippen LogP contribution in [0.15, 0.2) is 42.5 Å². The SMILES string of the molecule is NC(=O)c1cccc([N+](=O)[O-])c1N1CCCC(c2nc3ccccc3[nH]2)C1. The van der Waals surface area contributed by atoms with Gasteiger partial charge in [0, 0.05) is 25.1 Å². The molecule has 0 bridgehead atoms. The number of benzene rings is 2. The number of H-pyrrole nitrogens is 1. The number of hydrogen-bond donors (Lipinski definition) is 2. The molecule has 4 rings (SSSR count). The van der Waals surface area contributed by atoms with E-state index in [2.05, 4.69) is 9.97 Å². The van der Waals surface area contributed by atoms with Gasteiger partial charge >= 0.3 is 0 Å². The molecule has 1 atom stereocenters. The lowest BCUT2D eigenvalue weighted by Crippen LogP contribution is -2.36. The van der Waals surface area contributed by atoms with Gasteiger partial charge in [0.2, 0.25) is 0 Å². The normalized spacial score (nSPS) is 17.2. The summed E-state index contributed by atoms with van der Waals surface area (Å²) in [4.78, 5) is 32.8. The van der Waals surface area contributed by atoms with Crippen molar-refractivity contribution in [2.24, 2.45) is 5.73 Å². The first-order valence-corrected chi connectivity index (χ1v) is 8.81. The van der Waals surface area contributed by atoms with Crippen molar-refractivity contribution in [1.29, 1.82) is 0 Å². The fourth-order valence-electron chi connectivity index (χ4n) is 3.78. The van der Waals surface area contributed by atoms with Crippen LogP contribution >= 0.6 is 0 Å². The zero-order valence-electron chi connectivity index (χ0n) is 14.6. The molecule has 2 aromatic carbocycles. The summed E-state index contributed by atoms with van der Waals surface area (Å²) >= 11 is 0. The number of fused-ring (bicyclic) bond motifs is 1. The summed E-state index contributed by atoms with van der Waals surface area (Å²) < 4.78 is 0. The van der Waals surface area contributed by atoms with E-state index in [0.29, 0.717) is 18.8 Å². The number of nitro benzene ring substituents is 1. The summed E-state index contributed by atoms with van der Waals surface area (Å²) in [6.07, 6.45) is 1.76. The molecule has 1 fully saturated rings. The van der Waals surface area contributed by atoms with Gasteiger partial charge in [0.15, 0.2) is 0 Å². The number of nitrogens with one attached hydrogen (secondary N) is 1. The molecule has 8 heteroatoms. The molecule has 1 aliphatic rings. The number of aromatic amines is 1. The molecule has 0 aliphatic carbocycles. The van der Waals surface area contributed by atoms with Crippen LogP contribution in [0.2, 0.25) is 0 Å². The monoisotopic (exact) mass is 365 g/mol. The van der Waals surface area contributed by atoms with Crippen LogP contribution in [0.4, 0.5) is 11.4 Å². The maximum absolute atomic E-state index is 11.9. The Morgan fingerprint density at radius 2 is 2.07 bits per heavy atom. The van der Waals surface area contributed by atoms with Crippen LogP contribution in [0, 0.1) is 10.1 Å². The first kappa shape index (κ1) is 17.0. The number of carbonyl (C=O) groups excluding carboxylic acids is 1.